The van der Waals surface area contributed by atoms with Gasteiger partial charge in [0.1, 0.15) is 0 Å². The number of hydrogen-bond acceptors (Lipinski definition) is 2. The summed E-state index contributed by atoms with van der Waals surface area (Å²) in [5, 5.41) is 0. The second kappa shape index (κ2) is 7.09. The molecule has 1 saturated carbocycles. The highest BCUT2D eigenvalue weighted by Crippen LogP contribution is 2.34. The third kappa shape index (κ3) is 3.33. The third-order valence-corrected chi connectivity index (χ3v) is 4.14. The first-order chi connectivity index (χ1) is 9.67. The van der Waals surface area contributed by atoms with Gasteiger partial charge in [0.25, 0.3) is 0 Å². The van der Waals surface area contributed by atoms with Crippen molar-refractivity contribution in [1.82, 2.24) is 0 Å². The lowest BCUT2D eigenvalue weighted by atomic mass is 10.1. The molecule has 1 aliphatic rings. The highest BCUT2D eigenvalue weighted by atomic mass is 35.5. The molecule has 20 heavy (non-hydrogen) atoms. The van der Waals surface area contributed by atoms with Crippen LogP contribution in [0.2, 0.25) is 0 Å². The molecule has 110 valence electrons. The topological polar surface area (TPSA) is 29.5 Å². The predicted octanol–water partition coefficient (Wildman–Crippen LogP) is 3.46. The van der Waals surface area contributed by atoms with Gasteiger partial charge in [-0.25, -0.2) is 0 Å². The molecular weight excluding hydrogens is 274 g/mol. The van der Waals surface area contributed by atoms with Crippen molar-refractivity contribution in [3.8, 4) is 0 Å². The van der Waals surface area contributed by atoms with Gasteiger partial charge >= 0.3 is 0 Å². The van der Waals surface area contributed by atoms with E-state index in [1.807, 2.05) is 35.2 Å². The number of rotatable bonds is 5. The highest BCUT2D eigenvalue weighted by molar-refractivity contribution is 6.19. The lowest BCUT2D eigenvalue weighted by Crippen LogP contribution is -2.45. The first kappa shape index (κ1) is 15.3. The maximum atomic E-state index is 12.5. The van der Waals surface area contributed by atoms with Crippen molar-refractivity contribution in [3.63, 3.8) is 0 Å². The van der Waals surface area contributed by atoms with Crippen molar-refractivity contribution < 1.29 is 9.53 Å². The quantitative estimate of drug-likeness (QED) is 0.779. The molecule has 1 aliphatic carbocycles. The van der Waals surface area contributed by atoms with E-state index in [-0.39, 0.29) is 18.1 Å². The lowest BCUT2D eigenvalue weighted by Gasteiger charge is -2.32. The average molecular weight is 296 g/mol. The molecule has 2 rings (SSSR count). The molecule has 0 spiro atoms. The van der Waals surface area contributed by atoms with E-state index in [2.05, 4.69) is 6.92 Å². The molecule has 1 amide bonds. The summed E-state index contributed by atoms with van der Waals surface area (Å²) in [4.78, 5) is 14.4. The Kier molecular flexibility index (Phi) is 5.44. The molecule has 0 bridgehead atoms. The van der Waals surface area contributed by atoms with Crippen molar-refractivity contribution >= 4 is 23.2 Å². The van der Waals surface area contributed by atoms with Gasteiger partial charge in [0.15, 0.2) is 0 Å². The zero-order valence-corrected chi connectivity index (χ0v) is 12.8. The fourth-order valence-electron chi connectivity index (χ4n) is 3.05. The largest absolute Gasteiger partial charge is 0.379 e. The SMILES string of the molecule is COC1CC(C)CC1N(C(=O)CCCl)c1ccccc1. The Morgan fingerprint density at radius 1 is 1.35 bits per heavy atom. The van der Waals surface area contributed by atoms with Crippen molar-refractivity contribution in [2.75, 3.05) is 17.9 Å². The molecule has 1 aromatic rings. The average Bonchev–Trinajstić information content (AvgIpc) is 2.81. The smallest absolute Gasteiger partial charge is 0.228 e. The Balaban J connectivity index is 2.29. The first-order valence-electron chi connectivity index (χ1n) is 7.13. The Hall–Kier alpha value is -1.06. The maximum absolute atomic E-state index is 12.5. The molecule has 3 unspecified atom stereocenters. The monoisotopic (exact) mass is 295 g/mol. The minimum atomic E-state index is 0.0763. The zero-order valence-electron chi connectivity index (χ0n) is 12.1. The number of nitrogens with zero attached hydrogens (tertiary/aromatic N) is 1. The van der Waals surface area contributed by atoms with Crippen molar-refractivity contribution in [2.45, 2.75) is 38.3 Å². The summed E-state index contributed by atoms with van der Waals surface area (Å²) in [6.07, 6.45) is 2.43. The minimum absolute atomic E-state index is 0.0763. The van der Waals surface area contributed by atoms with Gasteiger partial charge in [-0.05, 0) is 30.9 Å². The number of amides is 1. The number of alkyl halides is 1. The molecule has 4 heteroatoms. The highest BCUT2D eigenvalue weighted by Gasteiger charge is 2.38. The third-order valence-electron chi connectivity index (χ3n) is 3.95. The van der Waals surface area contributed by atoms with Crippen LogP contribution in [-0.4, -0.2) is 31.0 Å². The van der Waals surface area contributed by atoms with Crippen molar-refractivity contribution in [1.29, 1.82) is 0 Å². The van der Waals surface area contributed by atoms with E-state index in [9.17, 15) is 4.79 Å². The minimum Gasteiger partial charge on any atom is -0.379 e. The number of benzene rings is 1. The zero-order chi connectivity index (χ0) is 14.5. The van der Waals surface area contributed by atoms with E-state index in [0.717, 1.165) is 18.5 Å². The van der Waals surface area contributed by atoms with E-state index >= 15 is 0 Å². The fraction of sp³-hybridized carbons (Fsp3) is 0.562. The van der Waals surface area contributed by atoms with Crippen LogP contribution >= 0.6 is 11.6 Å². The van der Waals surface area contributed by atoms with Crippen LogP contribution in [0.15, 0.2) is 30.3 Å². The molecule has 0 N–H and O–H groups in total. The van der Waals surface area contributed by atoms with E-state index in [0.29, 0.717) is 18.2 Å². The fourth-order valence-corrected chi connectivity index (χ4v) is 3.21. The molecule has 0 heterocycles. The number of halogens is 1. The number of carbonyl (C=O) groups excluding carboxylic acids is 1. The summed E-state index contributed by atoms with van der Waals surface area (Å²) in [5.41, 5.74) is 0.934. The van der Waals surface area contributed by atoms with Crippen LogP contribution in [0.1, 0.15) is 26.2 Å². The van der Waals surface area contributed by atoms with Gasteiger partial charge in [-0.3, -0.25) is 4.79 Å². The lowest BCUT2D eigenvalue weighted by molar-refractivity contribution is -0.119. The van der Waals surface area contributed by atoms with Crippen LogP contribution in [-0.2, 0) is 9.53 Å². The van der Waals surface area contributed by atoms with Crippen LogP contribution in [0.25, 0.3) is 0 Å². The summed E-state index contributed by atoms with van der Waals surface area (Å²) < 4.78 is 5.60. The van der Waals surface area contributed by atoms with Gasteiger partial charge in [0.05, 0.1) is 12.1 Å². The second-order valence-corrected chi connectivity index (χ2v) is 5.83. The summed E-state index contributed by atoms with van der Waals surface area (Å²) in [6, 6.07) is 9.92. The van der Waals surface area contributed by atoms with E-state index in [4.69, 9.17) is 16.3 Å². The summed E-state index contributed by atoms with van der Waals surface area (Å²) in [7, 11) is 1.73. The van der Waals surface area contributed by atoms with E-state index in [1.165, 1.54) is 0 Å². The van der Waals surface area contributed by atoms with E-state index < -0.39 is 0 Å². The van der Waals surface area contributed by atoms with Crippen molar-refractivity contribution in [2.24, 2.45) is 5.92 Å². The van der Waals surface area contributed by atoms with Gasteiger partial charge in [0.2, 0.25) is 5.91 Å². The normalized spacial score (nSPS) is 25.6. The molecule has 1 aromatic carbocycles. The van der Waals surface area contributed by atoms with Gasteiger partial charge in [-0.2, -0.15) is 0 Å². The Labute approximate surface area is 125 Å². The van der Waals surface area contributed by atoms with Crippen molar-refractivity contribution in [3.05, 3.63) is 30.3 Å². The molecule has 0 aromatic heterocycles. The Morgan fingerprint density at radius 3 is 2.65 bits per heavy atom. The number of hydrogen-bond donors (Lipinski definition) is 0. The molecular formula is C16H22ClNO2. The summed E-state index contributed by atoms with van der Waals surface area (Å²) in [5.74, 6) is 0.995. The molecule has 3 atom stereocenters. The van der Waals surface area contributed by atoms with Gasteiger partial charge in [-0.1, -0.05) is 25.1 Å². The number of anilines is 1. The molecule has 0 aliphatic heterocycles. The molecule has 3 nitrogen and oxygen atoms in total. The number of para-hydroxylation sites is 1. The second-order valence-electron chi connectivity index (χ2n) is 5.46. The molecule has 0 saturated heterocycles. The van der Waals surface area contributed by atoms with Crippen LogP contribution in [0.5, 0.6) is 0 Å². The molecule has 1 fully saturated rings. The van der Waals surface area contributed by atoms with Crippen LogP contribution in [0, 0.1) is 5.92 Å². The predicted molar refractivity (Wildman–Crippen MR) is 82.2 cm³/mol. The number of carbonyl (C=O) groups is 1. The van der Waals surface area contributed by atoms with Gasteiger partial charge in [-0.15, -0.1) is 11.6 Å². The summed E-state index contributed by atoms with van der Waals surface area (Å²) in [6.45, 7) is 2.21. The standard InChI is InChI=1S/C16H22ClNO2/c1-12-10-14(15(11-12)20-2)18(16(19)8-9-17)13-6-4-3-5-7-13/h3-7,12,14-15H,8-11H2,1-2H3. The Morgan fingerprint density at radius 2 is 2.05 bits per heavy atom. The van der Waals surface area contributed by atoms with Crippen LogP contribution in [0.3, 0.4) is 0 Å². The van der Waals surface area contributed by atoms with E-state index in [1.54, 1.807) is 7.11 Å². The van der Waals surface area contributed by atoms with Gasteiger partial charge in [0, 0.05) is 25.1 Å². The number of methoxy groups -OCH3 is 1. The van der Waals surface area contributed by atoms with Gasteiger partial charge < -0.3 is 9.64 Å². The van der Waals surface area contributed by atoms with Crippen LogP contribution in [0.4, 0.5) is 5.69 Å². The van der Waals surface area contributed by atoms with Crippen LogP contribution < -0.4 is 4.90 Å². The maximum Gasteiger partial charge on any atom is 0.228 e. The summed E-state index contributed by atoms with van der Waals surface area (Å²) >= 11 is 5.75. The number of ether oxygens (including phenoxy) is 1. The first-order valence-corrected chi connectivity index (χ1v) is 7.66. The molecule has 0 radical (unpaired) electrons. The Bertz CT molecular complexity index is 437.